The molecule has 0 radical (unpaired) electrons. The van der Waals surface area contributed by atoms with Crippen molar-refractivity contribution < 1.29 is 24.4 Å². The summed E-state index contributed by atoms with van der Waals surface area (Å²) in [4.78, 5) is 0. The number of ether oxygens (including phenoxy) is 3. The SMILES string of the molecule is COCCOCC(O)COc1cccc([C@@H](C)O)c1. The molecule has 0 fully saturated rings. The van der Waals surface area contributed by atoms with Crippen LogP contribution in [0.5, 0.6) is 5.75 Å². The van der Waals surface area contributed by atoms with E-state index in [2.05, 4.69) is 0 Å². The van der Waals surface area contributed by atoms with E-state index in [9.17, 15) is 10.2 Å². The maximum absolute atomic E-state index is 9.65. The summed E-state index contributed by atoms with van der Waals surface area (Å²) in [5.41, 5.74) is 0.781. The molecule has 0 aromatic heterocycles. The molecule has 0 bridgehead atoms. The molecule has 0 saturated carbocycles. The molecular weight excluding hydrogens is 248 g/mol. The summed E-state index contributed by atoms with van der Waals surface area (Å²) in [7, 11) is 1.60. The fraction of sp³-hybridized carbons (Fsp3) is 0.571. The van der Waals surface area contributed by atoms with Gasteiger partial charge in [0.2, 0.25) is 0 Å². The van der Waals surface area contributed by atoms with Crippen LogP contribution >= 0.6 is 0 Å². The molecule has 19 heavy (non-hydrogen) atoms. The van der Waals surface area contributed by atoms with Crippen molar-refractivity contribution in [2.75, 3.05) is 33.5 Å². The van der Waals surface area contributed by atoms with Crippen LogP contribution in [0.1, 0.15) is 18.6 Å². The summed E-state index contributed by atoms with van der Waals surface area (Å²) in [5.74, 6) is 0.620. The highest BCUT2D eigenvalue weighted by molar-refractivity contribution is 5.29. The zero-order chi connectivity index (χ0) is 14.1. The van der Waals surface area contributed by atoms with Gasteiger partial charge < -0.3 is 24.4 Å². The van der Waals surface area contributed by atoms with Gasteiger partial charge in [0, 0.05) is 7.11 Å². The second-order valence-corrected chi connectivity index (χ2v) is 4.28. The van der Waals surface area contributed by atoms with Gasteiger partial charge in [-0.15, -0.1) is 0 Å². The minimum absolute atomic E-state index is 0.149. The smallest absolute Gasteiger partial charge is 0.119 e. The molecule has 0 aliphatic rings. The van der Waals surface area contributed by atoms with Crippen LogP contribution in [0.2, 0.25) is 0 Å². The molecule has 1 rings (SSSR count). The Labute approximate surface area is 113 Å². The van der Waals surface area contributed by atoms with E-state index < -0.39 is 12.2 Å². The third-order valence-corrected chi connectivity index (χ3v) is 2.52. The number of benzene rings is 1. The van der Waals surface area contributed by atoms with Crippen LogP contribution in [-0.4, -0.2) is 49.9 Å². The highest BCUT2D eigenvalue weighted by atomic mass is 16.5. The number of methoxy groups -OCH3 is 1. The molecule has 1 aromatic carbocycles. The van der Waals surface area contributed by atoms with Crippen molar-refractivity contribution >= 4 is 0 Å². The second kappa shape index (κ2) is 8.87. The van der Waals surface area contributed by atoms with Crippen LogP contribution in [-0.2, 0) is 9.47 Å². The third kappa shape index (κ3) is 6.54. The highest BCUT2D eigenvalue weighted by Gasteiger charge is 2.07. The molecule has 5 nitrogen and oxygen atoms in total. The molecule has 1 aromatic rings. The average molecular weight is 270 g/mol. The van der Waals surface area contributed by atoms with Crippen LogP contribution in [0.15, 0.2) is 24.3 Å². The van der Waals surface area contributed by atoms with E-state index in [0.29, 0.717) is 19.0 Å². The van der Waals surface area contributed by atoms with Gasteiger partial charge in [-0.2, -0.15) is 0 Å². The summed E-state index contributed by atoms with van der Waals surface area (Å²) in [6.07, 6.45) is -1.22. The molecule has 0 amide bonds. The third-order valence-electron chi connectivity index (χ3n) is 2.52. The summed E-state index contributed by atoms with van der Waals surface area (Å²) < 4.78 is 15.5. The molecule has 0 aliphatic carbocycles. The van der Waals surface area contributed by atoms with Gasteiger partial charge in [0.15, 0.2) is 0 Å². The van der Waals surface area contributed by atoms with Crippen LogP contribution in [0.3, 0.4) is 0 Å². The van der Waals surface area contributed by atoms with Crippen molar-refractivity contribution in [1.82, 2.24) is 0 Å². The van der Waals surface area contributed by atoms with Crippen molar-refractivity contribution in [3.05, 3.63) is 29.8 Å². The Morgan fingerprint density at radius 2 is 1.95 bits per heavy atom. The number of hydrogen-bond acceptors (Lipinski definition) is 5. The molecule has 0 saturated heterocycles. The molecule has 0 aliphatic heterocycles. The van der Waals surface area contributed by atoms with Gasteiger partial charge in [0.25, 0.3) is 0 Å². The van der Waals surface area contributed by atoms with E-state index in [-0.39, 0.29) is 13.2 Å². The van der Waals surface area contributed by atoms with E-state index >= 15 is 0 Å². The zero-order valence-corrected chi connectivity index (χ0v) is 11.4. The first-order valence-corrected chi connectivity index (χ1v) is 6.29. The fourth-order valence-electron chi connectivity index (χ4n) is 1.47. The van der Waals surface area contributed by atoms with Crippen LogP contribution in [0.25, 0.3) is 0 Å². The monoisotopic (exact) mass is 270 g/mol. The van der Waals surface area contributed by atoms with Gasteiger partial charge >= 0.3 is 0 Å². The molecular formula is C14H22O5. The predicted octanol–water partition coefficient (Wildman–Crippen LogP) is 1.14. The molecule has 2 atom stereocenters. The maximum Gasteiger partial charge on any atom is 0.119 e. The van der Waals surface area contributed by atoms with E-state index in [1.54, 1.807) is 32.2 Å². The van der Waals surface area contributed by atoms with Gasteiger partial charge in [-0.25, -0.2) is 0 Å². The largest absolute Gasteiger partial charge is 0.491 e. The first-order valence-electron chi connectivity index (χ1n) is 6.29. The molecule has 0 heterocycles. The number of hydrogen-bond donors (Lipinski definition) is 2. The van der Waals surface area contributed by atoms with Gasteiger partial charge in [0.1, 0.15) is 18.5 Å². The van der Waals surface area contributed by atoms with Crippen molar-refractivity contribution in [2.45, 2.75) is 19.1 Å². The average Bonchev–Trinajstić information content (AvgIpc) is 2.41. The fourth-order valence-corrected chi connectivity index (χ4v) is 1.47. The van der Waals surface area contributed by atoms with Crippen LogP contribution in [0.4, 0.5) is 0 Å². The lowest BCUT2D eigenvalue weighted by atomic mass is 10.1. The number of aliphatic hydroxyl groups is 2. The molecule has 108 valence electrons. The lowest BCUT2D eigenvalue weighted by Crippen LogP contribution is -2.24. The van der Waals surface area contributed by atoms with Gasteiger partial charge in [-0.3, -0.25) is 0 Å². The molecule has 5 heteroatoms. The normalized spacial score (nSPS) is 14.1. The molecule has 2 N–H and O–H groups in total. The Bertz CT molecular complexity index is 353. The summed E-state index contributed by atoms with van der Waals surface area (Å²) in [5, 5.41) is 19.1. The van der Waals surface area contributed by atoms with Crippen molar-refractivity contribution in [2.24, 2.45) is 0 Å². The first kappa shape index (κ1) is 15.9. The maximum atomic E-state index is 9.65. The molecule has 0 spiro atoms. The lowest BCUT2D eigenvalue weighted by Gasteiger charge is -2.13. The van der Waals surface area contributed by atoms with Crippen LogP contribution in [0, 0.1) is 0 Å². The van der Waals surface area contributed by atoms with E-state index in [1.165, 1.54) is 0 Å². The van der Waals surface area contributed by atoms with E-state index in [0.717, 1.165) is 5.56 Å². The summed E-state index contributed by atoms with van der Waals surface area (Å²) in [6.45, 7) is 3.00. The standard InChI is InChI=1S/C14H22O5/c1-11(15)12-4-3-5-14(8-12)19-10-13(16)9-18-7-6-17-2/h3-5,8,11,13,15-16H,6-7,9-10H2,1-2H3/t11-,13?/m1/s1. The quantitative estimate of drug-likeness (QED) is 0.659. The van der Waals surface area contributed by atoms with Crippen molar-refractivity contribution in [3.8, 4) is 5.75 Å². The summed E-state index contributed by atoms with van der Waals surface area (Å²) >= 11 is 0. The van der Waals surface area contributed by atoms with Gasteiger partial charge in [-0.05, 0) is 24.6 Å². The minimum atomic E-state index is -0.688. The number of aliphatic hydroxyl groups excluding tert-OH is 2. The van der Waals surface area contributed by atoms with Crippen molar-refractivity contribution in [3.63, 3.8) is 0 Å². The Balaban J connectivity index is 2.29. The Kier molecular flexibility index (Phi) is 7.43. The number of rotatable bonds is 9. The van der Waals surface area contributed by atoms with Crippen molar-refractivity contribution in [1.29, 1.82) is 0 Å². The van der Waals surface area contributed by atoms with E-state index in [1.807, 2.05) is 6.07 Å². The topological polar surface area (TPSA) is 68.2 Å². The van der Waals surface area contributed by atoms with Crippen LogP contribution < -0.4 is 4.74 Å². The second-order valence-electron chi connectivity index (χ2n) is 4.28. The lowest BCUT2D eigenvalue weighted by molar-refractivity contribution is -0.00422. The van der Waals surface area contributed by atoms with E-state index in [4.69, 9.17) is 14.2 Å². The van der Waals surface area contributed by atoms with Gasteiger partial charge in [0.05, 0.1) is 25.9 Å². The Morgan fingerprint density at radius 1 is 1.16 bits per heavy atom. The Morgan fingerprint density at radius 3 is 2.63 bits per heavy atom. The predicted molar refractivity (Wildman–Crippen MR) is 71.3 cm³/mol. The minimum Gasteiger partial charge on any atom is -0.491 e. The van der Waals surface area contributed by atoms with Gasteiger partial charge in [-0.1, -0.05) is 12.1 Å². The first-order chi connectivity index (χ1) is 9.13. The zero-order valence-electron chi connectivity index (χ0n) is 11.4. The molecule has 1 unspecified atom stereocenters. The highest BCUT2D eigenvalue weighted by Crippen LogP contribution is 2.18. The Hall–Kier alpha value is -1.14. The summed E-state index contributed by atoms with van der Waals surface area (Å²) in [6, 6.07) is 7.16.